The standard InChI is InChI=1S/C27H18/c1-2-8-19-16-26-20(15-18(19)7-1)10-5-12-24(26)25-14-6-13-23-22-11-4-3-9-21(22)17-27(23)25/h1-16H,17H2. The highest BCUT2D eigenvalue weighted by atomic mass is 14.2. The molecule has 126 valence electrons. The van der Waals surface area contributed by atoms with E-state index in [-0.39, 0.29) is 0 Å². The normalized spacial score (nSPS) is 12.3. The molecule has 0 spiro atoms. The van der Waals surface area contributed by atoms with Crippen molar-refractivity contribution in [3.63, 3.8) is 0 Å². The van der Waals surface area contributed by atoms with Crippen LogP contribution in [0.4, 0.5) is 0 Å². The lowest BCUT2D eigenvalue weighted by atomic mass is 9.91. The summed E-state index contributed by atoms with van der Waals surface area (Å²) in [7, 11) is 0. The highest BCUT2D eigenvalue weighted by Crippen LogP contribution is 2.43. The Morgan fingerprint density at radius 3 is 1.93 bits per heavy atom. The van der Waals surface area contributed by atoms with E-state index in [1.54, 1.807) is 0 Å². The molecule has 0 heterocycles. The average molecular weight is 342 g/mol. The highest BCUT2D eigenvalue weighted by Gasteiger charge is 2.21. The Hall–Kier alpha value is -3.38. The molecular formula is C27H18. The van der Waals surface area contributed by atoms with Gasteiger partial charge in [-0.05, 0) is 73.5 Å². The molecule has 27 heavy (non-hydrogen) atoms. The van der Waals surface area contributed by atoms with Gasteiger partial charge in [0.05, 0.1) is 0 Å². The summed E-state index contributed by atoms with van der Waals surface area (Å²) < 4.78 is 0. The minimum atomic E-state index is 1.02. The molecular weight excluding hydrogens is 324 g/mol. The molecule has 0 saturated heterocycles. The number of hydrogen-bond acceptors (Lipinski definition) is 0. The van der Waals surface area contributed by atoms with Gasteiger partial charge < -0.3 is 0 Å². The number of hydrogen-bond donors (Lipinski definition) is 0. The van der Waals surface area contributed by atoms with E-state index in [0.717, 1.165) is 6.42 Å². The summed E-state index contributed by atoms with van der Waals surface area (Å²) in [5.74, 6) is 0. The first-order chi connectivity index (χ1) is 13.4. The SMILES string of the molecule is c1ccc2c(c1)Cc1c-2cccc1-c1cccc2cc3ccccc3cc12. The van der Waals surface area contributed by atoms with E-state index in [0.29, 0.717) is 0 Å². The first-order valence-electron chi connectivity index (χ1n) is 9.50. The lowest BCUT2D eigenvalue weighted by Gasteiger charge is -2.13. The van der Waals surface area contributed by atoms with Gasteiger partial charge in [-0.25, -0.2) is 0 Å². The number of fused-ring (bicyclic) bond motifs is 5. The van der Waals surface area contributed by atoms with Gasteiger partial charge >= 0.3 is 0 Å². The van der Waals surface area contributed by atoms with Crippen molar-refractivity contribution >= 4 is 21.5 Å². The topological polar surface area (TPSA) is 0 Å². The second kappa shape index (κ2) is 5.56. The third-order valence-corrected chi connectivity index (χ3v) is 5.89. The fraction of sp³-hybridized carbons (Fsp3) is 0.0370. The zero-order chi connectivity index (χ0) is 17.8. The molecule has 0 saturated carbocycles. The smallest absolute Gasteiger partial charge is 0.000728 e. The summed E-state index contributed by atoms with van der Waals surface area (Å²) in [6.45, 7) is 0. The second-order valence-corrected chi connectivity index (χ2v) is 7.39. The van der Waals surface area contributed by atoms with Crippen molar-refractivity contribution in [2.24, 2.45) is 0 Å². The fourth-order valence-electron chi connectivity index (χ4n) is 4.61. The van der Waals surface area contributed by atoms with E-state index in [1.807, 2.05) is 0 Å². The summed E-state index contributed by atoms with van der Waals surface area (Å²) >= 11 is 0. The van der Waals surface area contributed by atoms with Gasteiger partial charge in [-0.15, -0.1) is 0 Å². The second-order valence-electron chi connectivity index (χ2n) is 7.39. The van der Waals surface area contributed by atoms with E-state index in [4.69, 9.17) is 0 Å². The van der Waals surface area contributed by atoms with Crippen LogP contribution in [0.2, 0.25) is 0 Å². The summed E-state index contributed by atoms with van der Waals surface area (Å²) in [6.07, 6.45) is 1.02. The Balaban J connectivity index is 1.65. The van der Waals surface area contributed by atoms with E-state index >= 15 is 0 Å². The van der Waals surface area contributed by atoms with Crippen molar-refractivity contribution < 1.29 is 0 Å². The lowest BCUT2D eigenvalue weighted by Crippen LogP contribution is -1.89. The fourth-order valence-corrected chi connectivity index (χ4v) is 4.61. The summed E-state index contributed by atoms with van der Waals surface area (Å²) in [5.41, 5.74) is 8.37. The van der Waals surface area contributed by atoms with Crippen molar-refractivity contribution in [2.75, 3.05) is 0 Å². The van der Waals surface area contributed by atoms with Crippen LogP contribution in [0, 0.1) is 0 Å². The number of rotatable bonds is 1. The third-order valence-electron chi connectivity index (χ3n) is 5.89. The molecule has 1 aliphatic rings. The van der Waals surface area contributed by atoms with Crippen LogP contribution >= 0.6 is 0 Å². The molecule has 0 radical (unpaired) electrons. The Bertz CT molecular complexity index is 1340. The molecule has 0 aromatic heterocycles. The Morgan fingerprint density at radius 2 is 1.04 bits per heavy atom. The molecule has 5 aromatic rings. The van der Waals surface area contributed by atoms with Crippen LogP contribution in [0.25, 0.3) is 43.8 Å². The van der Waals surface area contributed by atoms with Crippen molar-refractivity contribution in [2.45, 2.75) is 6.42 Å². The first-order valence-corrected chi connectivity index (χ1v) is 9.50. The molecule has 0 bridgehead atoms. The minimum absolute atomic E-state index is 1.02. The molecule has 1 aliphatic carbocycles. The van der Waals surface area contributed by atoms with Crippen LogP contribution in [-0.2, 0) is 6.42 Å². The van der Waals surface area contributed by atoms with Crippen LogP contribution in [0.3, 0.4) is 0 Å². The lowest BCUT2D eigenvalue weighted by molar-refractivity contribution is 1.26. The molecule has 0 amide bonds. The van der Waals surface area contributed by atoms with Gasteiger partial charge in [0.2, 0.25) is 0 Å². The minimum Gasteiger partial charge on any atom is -0.0619 e. The van der Waals surface area contributed by atoms with Gasteiger partial charge in [-0.2, -0.15) is 0 Å². The van der Waals surface area contributed by atoms with Crippen molar-refractivity contribution in [3.05, 3.63) is 108 Å². The molecule has 5 aromatic carbocycles. The molecule has 0 aliphatic heterocycles. The maximum atomic E-state index is 2.35. The van der Waals surface area contributed by atoms with Gasteiger partial charge in [0.1, 0.15) is 0 Å². The molecule has 0 N–H and O–H groups in total. The zero-order valence-electron chi connectivity index (χ0n) is 14.9. The van der Waals surface area contributed by atoms with Crippen LogP contribution in [0.15, 0.2) is 97.1 Å². The Morgan fingerprint density at radius 1 is 0.444 bits per heavy atom. The largest absolute Gasteiger partial charge is 0.0619 e. The summed E-state index contributed by atoms with van der Waals surface area (Å²) in [5, 5.41) is 5.24. The Kier molecular flexibility index (Phi) is 3.04. The third kappa shape index (κ3) is 2.17. The summed E-state index contributed by atoms with van der Waals surface area (Å²) in [4.78, 5) is 0. The van der Waals surface area contributed by atoms with Crippen LogP contribution in [0.5, 0.6) is 0 Å². The zero-order valence-corrected chi connectivity index (χ0v) is 14.9. The monoisotopic (exact) mass is 342 g/mol. The molecule has 6 rings (SSSR count). The molecule has 0 unspecified atom stereocenters. The molecule has 0 heteroatoms. The van der Waals surface area contributed by atoms with Crippen LogP contribution in [0.1, 0.15) is 11.1 Å². The van der Waals surface area contributed by atoms with Crippen LogP contribution in [-0.4, -0.2) is 0 Å². The van der Waals surface area contributed by atoms with Gasteiger partial charge in [0.25, 0.3) is 0 Å². The molecule has 0 fully saturated rings. The van der Waals surface area contributed by atoms with E-state index in [2.05, 4.69) is 97.1 Å². The average Bonchev–Trinajstić information content (AvgIpc) is 3.11. The maximum Gasteiger partial charge on any atom is -0.000728 e. The maximum absolute atomic E-state index is 2.35. The molecule has 0 atom stereocenters. The number of benzene rings is 5. The van der Waals surface area contributed by atoms with Crippen molar-refractivity contribution in [3.8, 4) is 22.3 Å². The summed E-state index contributed by atoms with van der Waals surface area (Å²) in [6, 6.07) is 35.5. The Labute approximate surface area is 158 Å². The highest BCUT2D eigenvalue weighted by molar-refractivity contribution is 6.06. The van der Waals surface area contributed by atoms with E-state index in [9.17, 15) is 0 Å². The van der Waals surface area contributed by atoms with Crippen molar-refractivity contribution in [1.29, 1.82) is 0 Å². The quantitative estimate of drug-likeness (QED) is 0.276. The predicted molar refractivity (Wildman–Crippen MR) is 115 cm³/mol. The van der Waals surface area contributed by atoms with Gasteiger partial charge in [-0.1, -0.05) is 84.9 Å². The van der Waals surface area contributed by atoms with E-state index in [1.165, 1.54) is 54.9 Å². The van der Waals surface area contributed by atoms with Crippen molar-refractivity contribution in [1.82, 2.24) is 0 Å². The first kappa shape index (κ1) is 14.8. The van der Waals surface area contributed by atoms with Gasteiger partial charge in [0, 0.05) is 0 Å². The van der Waals surface area contributed by atoms with E-state index < -0.39 is 0 Å². The van der Waals surface area contributed by atoms with Crippen LogP contribution < -0.4 is 0 Å². The predicted octanol–water partition coefficient (Wildman–Crippen LogP) is 7.23. The van der Waals surface area contributed by atoms with Gasteiger partial charge in [-0.3, -0.25) is 0 Å². The molecule has 0 nitrogen and oxygen atoms in total. The van der Waals surface area contributed by atoms with Gasteiger partial charge in [0.15, 0.2) is 0 Å².